The van der Waals surface area contributed by atoms with Crippen molar-refractivity contribution in [2.24, 2.45) is 5.73 Å². The van der Waals surface area contributed by atoms with Crippen molar-refractivity contribution in [3.8, 4) is 11.5 Å². The van der Waals surface area contributed by atoms with Gasteiger partial charge in [-0.15, -0.1) is 12.4 Å². The van der Waals surface area contributed by atoms with E-state index in [0.717, 1.165) is 16.9 Å². The first-order valence-corrected chi connectivity index (χ1v) is 7.34. The summed E-state index contributed by atoms with van der Waals surface area (Å²) in [4.78, 5) is 11.5. The molecule has 0 heterocycles. The summed E-state index contributed by atoms with van der Waals surface area (Å²) in [7, 11) is 0. The Bertz CT molecular complexity index is 646. The molecule has 0 amide bonds. The van der Waals surface area contributed by atoms with Crippen LogP contribution in [0.1, 0.15) is 30.5 Å². The van der Waals surface area contributed by atoms with E-state index in [2.05, 4.69) is 0 Å². The molecule has 0 bridgehead atoms. The van der Waals surface area contributed by atoms with E-state index in [9.17, 15) is 4.79 Å². The second-order valence-corrected chi connectivity index (χ2v) is 5.06. The lowest BCUT2D eigenvalue weighted by atomic mass is 10.0. The van der Waals surface area contributed by atoms with Crippen LogP contribution in [-0.2, 0) is 9.53 Å². The molecule has 124 valence electrons. The third kappa shape index (κ3) is 5.58. The van der Waals surface area contributed by atoms with Gasteiger partial charge in [0.1, 0.15) is 11.5 Å². The molecule has 2 rings (SSSR count). The number of nitrogens with two attached hydrogens (primary N) is 1. The Kier molecular flexibility index (Phi) is 7.59. The molecule has 0 aromatic heterocycles. The first-order valence-electron chi connectivity index (χ1n) is 7.34. The second-order valence-electron chi connectivity index (χ2n) is 5.06. The molecule has 0 saturated carbocycles. The minimum atomic E-state index is -0.403. The van der Waals surface area contributed by atoms with E-state index in [1.165, 1.54) is 0 Å². The van der Waals surface area contributed by atoms with Gasteiger partial charge in [-0.25, -0.2) is 0 Å². The number of benzene rings is 2. The highest BCUT2D eigenvalue weighted by molar-refractivity contribution is 5.85. The highest BCUT2D eigenvalue weighted by Gasteiger charge is 2.13. The van der Waals surface area contributed by atoms with Crippen molar-refractivity contribution >= 4 is 18.4 Å². The molecule has 0 aliphatic heterocycles. The zero-order valence-electron chi connectivity index (χ0n) is 13.3. The highest BCUT2D eigenvalue weighted by Crippen LogP contribution is 2.27. The number of halogens is 1. The fraction of sp³-hybridized carbons (Fsp3) is 0.278. The van der Waals surface area contributed by atoms with Crippen LogP contribution >= 0.6 is 12.4 Å². The van der Waals surface area contributed by atoms with Crippen molar-refractivity contribution in [2.75, 3.05) is 6.61 Å². The van der Waals surface area contributed by atoms with Crippen molar-refractivity contribution in [2.45, 2.75) is 26.3 Å². The third-order valence-electron chi connectivity index (χ3n) is 3.30. The number of hydrogen-bond donors (Lipinski definition) is 1. The fourth-order valence-corrected chi connectivity index (χ4v) is 2.12. The van der Waals surface area contributed by atoms with Gasteiger partial charge < -0.3 is 15.2 Å². The summed E-state index contributed by atoms with van der Waals surface area (Å²) in [5, 5.41) is 0. The minimum absolute atomic E-state index is 0. The van der Waals surface area contributed by atoms with Crippen molar-refractivity contribution in [3.63, 3.8) is 0 Å². The van der Waals surface area contributed by atoms with Gasteiger partial charge in [0.25, 0.3) is 0 Å². The molecule has 0 fully saturated rings. The number of esters is 1. The molecule has 5 heteroatoms. The molecule has 1 unspecified atom stereocenters. The molecule has 2 aromatic rings. The summed E-state index contributed by atoms with van der Waals surface area (Å²) in [6.07, 6.45) is 0.154. The van der Waals surface area contributed by atoms with Crippen LogP contribution in [0.4, 0.5) is 0 Å². The van der Waals surface area contributed by atoms with Crippen molar-refractivity contribution in [3.05, 3.63) is 59.7 Å². The molecule has 0 saturated heterocycles. The van der Waals surface area contributed by atoms with E-state index < -0.39 is 6.04 Å². The molecule has 4 nitrogen and oxygen atoms in total. The average molecular weight is 336 g/mol. The van der Waals surface area contributed by atoms with E-state index >= 15 is 0 Å². The Morgan fingerprint density at radius 3 is 2.61 bits per heavy atom. The van der Waals surface area contributed by atoms with Crippen molar-refractivity contribution < 1.29 is 14.3 Å². The third-order valence-corrected chi connectivity index (χ3v) is 3.30. The molecule has 0 aliphatic carbocycles. The van der Waals surface area contributed by atoms with Crippen LogP contribution in [0.5, 0.6) is 11.5 Å². The average Bonchev–Trinajstić information content (AvgIpc) is 2.50. The Hall–Kier alpha value is -2.04. The van der Waals surface area contributed by atoms with E-state index in [-0.39, 0.29) is 24.8 Å². The van der Waals surface area contributed by atoms with Gasteiger partial charge in [0.2, 0.25) is 0 Å². The lowest BCUT2D eigenvalue weighted by molar-refractivity contribution is -0.143. The fourth-order valence-electron chi connectivity index (χ4n) is 2.12. The topological polar surface area (TPSA) is 61.5 Å². The molecule has 0 radical (unpaired) electrons. The lowest BCUT2D eigenvalue weighted by Crippen LogP contribution is -2.17. The van der Waals surface area contributed by atoms with Crippen LogP contribution in [0.3, 0.4) is 0 Å². The predicted molar refractivity (Wildman–Crippen MR) is 93.1 cm³/mol. The Labute approximate surface area is 143 Å². The standard InChI is InChI=1S/C18H21NO3.ClH/c1-3-21-18(20)12-16(19)14-8-6-9-15(11-14)22-17-10-5-4-7-13(17)2;/h4-11,16H,3,12,19H2,1-2H3;1H. The zero-order valence-corrected chi connectivity index (χ0v) is 14.1. The quantitative estimate of drug-likeness (QED) is 0.805. The Morgan fingerprint density at radius 2 is 1.91 bits per heavy atom. The van der Waals surface area contributed by atoms with Gasteiger partial charge in [-0.1, -0.05) is 30.3 Å². The molecule has 2 aromatic carbocycles. The van der Waals surface area contributed by atoms with Crippen molar-refractivity contribution in [1.82, 2.24) is 0 Å². The smallest absolute Gasteiger partial charge is 0.307 e. The minimum Gasteiger partial charge on any atom is -0.466 e. The maximum atomic E-state index is 11.5. The normalized spacial score (nSPS) is 11.3. The monoisotopic (exact) mass is 335 g/mol. The van der Waals surface area contributed by atoms with Gasteiger partial charge in [-0.2, -0.15) is 0 Å². The Morgan fingerprint density at radius 1 is 1.17 bits per heavy atom. The van der Waals surface area contributed by atoms with Crippen LogP contribution in [0.15, 0.2) is 48.5 Å². The molecule has 23 heavy (non-hydrogen) atoms. The number of hydrogen-bond acceptors (Lipinski definition) is 4. The van der Waals surface area contributed by atoms with E-state index in [1.54, 1.807) is 6.92 Å². The van der Waals surface area contributed by atoms with E-state index in [1.807, 2.05) is 55.5 Å². The van der Waals surface area contributed by atoms with Crippen LogP contribution in [-0.4, -0.2) is 12.6 Å². The Balaban J connectivity index is 0.00000264. The molecule has 2 N–H and O–H groups in total. The molecule has 0 spiro atoms. The van der Waals surface area contributed by atoms with Crippen molar-refractivity contribution in [1.29, 1.82) is 0 Å². The summed E-state index contributed by atoms with van der Waals surface area (Å²) in [6, 6.07) is 14.9. The first kappa shape index (κ1) is 19.0. The lowest BCUT2D eigenvalue weighted by Gasteiger charge is -2.14. The molecule has 1 atom stereocenters. The number of carbonyl (C=O) groups is 1. The number of carbonyl (C=O) groups excluding carboxylic acids is 1. The van der Waals surface area contributed by atoms with Crippen LogP contribution in [0, 0.1) is 6.92 Å². The zero-order chi connectivity index (χ0) is 15.9. The number of rotatable bonds is 6. The van der Waals surface area contributed by atoms with Gasteiger partial charge in [0, 0.05) is 6.04 Å². The largest absolute Gasteiger partial charge is 0.466 e. The maximum Gasteiger partial charge on any atom is 0.307 e. The highest BCUT2D eigenvalue weighted by atomic mass is 35.5. The maximum absolute atomic E-state index is 11.5. The summed E-state index contributed by atoms with van der Waals surface area (Å²) in [6.45, 7) is 4.13. The summed E-state index contributed by atoms with van der Waals surface area (Å²) < 4.78 is 10.8. The predicted octanol–water partition coefficient (Wildman–Crippen LogP) is 4.16. The van der Waals surface area contributed by atoms with Gasteiger partial charge >= 0.3 is 5.97 Å². The van der Waals surface area contributed by atoms with Gasteiger partial charge in [-0.05, 0) is 43.2 Å². The van der Waals surface area contributed by atoms with E-state index in [0.29, 0.717) is 12.4 Å². The number of aryl methyl sites for hydroxylation is 1. The second kappa shape index (κ2) is 9.18. The molecular formula is C18H22ClNO3. The number of ether oxygens (including phenoxy) is 2. The van der Waals surface area contributed by atoms with Crippen LogP contribution in [0.25, 0.3) is 0 Å². The molecular weight excluding hydrogens is 314 g/mol. The first-order chi connectivity index (χ1) is 10.6. The summed E-state index contributed by atoms with van der Waals surface area (Å²) in [5.41, 5.74) is 7.97. The SMILES string of the molecule is CCOC(=O)CC(N)c1cccc(Oc2ccccc2C)c1.Cl. The number of para-hydroxylation sites is 1. The van der Waals surface area contributed by atoms with Crippen LogP contribution in [0.2, 0.25) is 0 Å². The summed E-state index contributed by atoms with van der Waals surface area (Å²) >= 11 is 0. The van der Waals surface area contributed by atoms with Crippen LogP contribution < -0.4 is 10.5 Å². The van der Waals surface area contributed by atoms with Gasteiger partial charge in [-0.3, -0.25) is 4.79 Å². The van der Waals surface area contributed by atoms with Gasteiger partial charge in [0.05, 0.1) is 13.0 Å². The van der Waals surface area contributed by atoms with Gasteiger partial charge in [0.15, 0.2) is 0 Å². The van der Waals surface area contributed by atoms with E-state index in [4.69, 9.17) is 15.2 Å². The summed E-state index contributed by atoms with van der Waals surface area (Å²) in [5.74, 6) is 1.21. The molecule has 0 aliphatic rings.